The summed E-state index contributed by atoms with van der Waals surface area (Å²) in [6.07, 6.45) is 6.19. The van der Waals surface area contributed by atoms with Gasteiger partial charge in [-0.05, 0) is 23.2 Å². The number of amides is 1. The van der Waals surface area contributed by atoms with Crippen molar-refractivity contribution >= 4 is 28.5 Å². The minimum absolute atomic E-state index is 0.0301. The maximum Gasteiger partial charge on any atom is 0.258 e. The Balaban J connectivity index is 1.91. The summed E-state index contributed by atoms with van der Waals surface area (Å²) in [4.78, 5) is 20.2. The molecule has 106 valence electrons. The molecule has 1 N–H and O–H groups in total. The Morgan fingerprint density at radius 1 is 1.29 bits per heavy atom. The maximum atomic E-state index is 12.2. The van der Waals surface area contributed by atoms with Crippen LogP contribution >= 0.6 is 0 Å². The van der Waals surface area contributed by atoms with E-state index in [1.807, 2.05) is 0 Å². The number of aromatic nitrogens is 3. The Morgan fingerprint density at radius 2 is 2.10 bits per heavy atom. The van der Waals surface area contributed by atoms with Crippen molar-refractivity contribution in [1.82, 2.24) is 14.4 Å². The molecular weight excluding hydrogens is 292 g/mol. The van der Waals surface area contributed by atoms with E-state index in [2.05, 4.69) is 15.3 Å². The van der Waals surface area contributed by atoms with E-state index >= 15 is 0 Å². The standard InChI is InChI=1S/C13H10N4O3S/c18-12(9-7-15-13-14-5-6-17(13)8-9)16-10-3-1-2-4-11(10)21(19)20/h1-8H,(H,16,18)(H,19,20)/p-1. The summed E-state index contributed by atoms with van der Waals surface area (Å²) in [6, 6.07) is 6.16. The zero-order valence-corrected chi connectivity index (χ0v) is 11.4. The molecule has 0 saturated carbocycles. The Labute approximate surface area is 121 Å². The number of hydrogen-bond acceptors (Lipinski definition) is 5. The lowest BCUT2D eigenvalue weighted by Gasteiger charge is -2.12. The number of anilines is 1. The zero-order valence-electron chi connectivity index (χ0n) is 10.6. The number of nitrogens with zero attached hydrogens (tertiary/aromatic N) is 3. The predicted octanol–water partition coefficient (Wildman–Crippen LogP) is 1.22. The number of fused-ring (bicyclic) bond motifs is 1. The number of para-hydroxylation sites is 1. The summed E-state index contributed by atoms with van der Waals surface area (Å²) in [5.41, 5.74) is 0.522. The lowest BCUT2D eigenvalue weighted by Crippen LogP contribution is -2.14. The number of carbonyl (C=O) groups excluding carboxylic acids is 1. The lowest BCUT2D eigenvalue weighted by molar-refractivity contribution is 0.102. The van der Waals surface area contributed by atoms with Crippen LogP contribution < -0.4 is 5.32 Å². The van der Waals surface area contributed by atoms with Crippen molar-refractivity contribution in [1.29, 1.82) is 0 Å². The Bertz CT molecular complexity index is 846. The molecule has 1 unspecified atom stereocenters. The molecule has 0 radical (unpaired) electrons. The predicted molar refractivity (Wildman–Crippen MR) is 74.6 cm³/mol. The van der Waals surface area contributed by atoms with Gasteiger partial charge < -0.3 is 9.87 Å². The third-order valence-electron chi connectivity index (χ3n) is 2.82. The van der Waals surface area contributed by atoms with Gasteiger partial charge in [-0.3, -0.25) is 13.4 Å². The number of imidazole rings is 1. The highest BCUT2D eigenvalue weighted by Crippen LogP contribution is 2.18. The Hall–Kier alpha value is -2.58. The van der Waals surface area contributed by atoms with Crippen LogP contribution in [0.5, 0.6) is 0 Å². The SMILES string of the molecule is O=C(Nc1ccccc1S(=O)[O-])c1cnc2nccn2c1. The summed E-state index contributed by atoms with van der Waals surface area (Å²) < 4.78 is 23.8. The van der Waals surface area contributed by atoms with Gasteiger partial charge >= 0.3 is 0 Å². The molecule has 3 aromatic rings. The quantitative estimate of drug-likeness (QED) is 0.733. The fraction of sp³-hybridized carbons (Fsp3) is 0. The van der Waals surface area contributed by atoms with Crippen LogP contribution in [0.4, 0.5) is 5.69 Å². The fourth-order valence-electron chi connectivity index (χ4n) is 1.84. The van der Waals surface area contributed by atoms with Crippen molar-refractivity contribution in [3.63, 3.8) is 0 Å². The highest BCUT2D eigenvalue weighted by molar-refractivity contribution is 7.79. The molecule has 1 aromatic carbocycles. The average molecular weight is 301 g/mol. The van der Waals surface area contributed by atoms with Crippen LogP contribution in [0.3, 0.4) is 0 Å². The Morgan fingerprint density at radius 3 is 2.90 bits per heavy atom. The van der Waals surface area contributed by atoms with Crippen LogP contribution in [0.25, 0.3) is 5.78 Å². The molecule has 0 aliphatic rings. The number of nitrogens with one attached hydrogen (secondary N) is 1. The normalized spacial score (nSPS) is 12.2. The molecule has 3 rings (SSSR count). The molecule has 1 amide bonds. The number of carbonyl (C=O) groups is 1. The van der Waals surface area contributed by atoms with Gasteiger partial charge in [0.15, 0.2) is 0 Å². The molecule has 0 saturated heterocycles. The van der Waals surface area contributed by atoms with Gasteiger partial charge in [0, 0.05) is 29.7 Å². The van der Waals surface area contributed by atoms with Crippen molar-refractivity contribution in [3.8, 4) is 0 Å². The Kier molecular flexibility index (Phi) is 3.46. The summed E-state index contributed by atoms with van der Waals surface area (Å²) in [6.45, 7) is 0. The van der Waals surface area contributed by atoms with Crippen molar-refractivity contribution in [2.75, 3.05) is 5.32 Å². The molecule has 0 aliphatic heterocycles. The van der Waals surface area contributed by atoms with Crippen LogP contribution in [-0.2, 0) is 11.1 Å². The van der Waals surface area contributed by atoms with Crippen molar-refractivity contribution in [3.05, 3.63) is 54.6 Å². The number of benzene rings is 1. The monoisotopic (exact) mass is 301 g/mol. The first kappa shape index (κ1) is 13.4. The molecule has 0 aliphatic carbocycles. The highest BCUT2D eigenvalue weighted by Gasteiger charge is 2.10. The molecule has 21 heavy (non-hydrogen) atoms. The van der Waals surface area contributed by atoms with Crippen LogP contribution in [0, 0.1) is 0 Å². The summed E-state index contributed by atoms with van der Waals surface area (Å²) >= 11 is -2.42. The van der Waals surface area contributed by atoms with Gasteiger partial charge in [-0.1, -0.05) is 12.1 Å². The molecule has 7 nitrogen and oxygen atoms in total. The van der Waals surface area contributed by atoms with Gasteiger partial charge in [0.05, 0.1) is 11.3 Å². The summed E-state index contributed by atoms with van der Waals surface area (Å²) in [7, 11) is 0. The maximum absolute atomic E-state index is 12.2. The van der Waals surface area contributed by atoms with Gasteiger partial charge in [-0.25, -0.2) is 9.97 Å². The van der Waals surface area contributed by atoms with E-state index in [4.69, 9.17) is 0 Å². The molecule has 2 aromatic heterocycles. The molecule has 0 fully saturated rings. The zero-order chi connectivity index (χ0) is 14.8. The van der Waals surface area contributed by atoms with Crippen molar-refractivity contribution < 1.29 is 13.6 Å². The minimum Gasteiger partial charge on any atom is -0.768 e. The van der Waals surface area contributed by atoms with E-state index in [9.17, 15) is 13.6 Å². The average Bonchev–Trinajstić information content (AvgIpc) is 2.94. The van der Waals surface area contributed by atoms with E-state index in [1.54, 1.807) is 35.1 Å². The van der Waals surface area contributed by atoms with E-state index in [-0.39, 0.29) is 10.6 Å². The van der Waals surface area contributed by atoms with Crippen LogP contribution in [0.1, 0.15) is 10.4 Å². The third kappa shape index (κ3) is 2.67. The molecule has 1 atom stereocenters. The first-order valence-corrected chi connectivity index (χ1v) is 7.01. The largest absolute Gasteiger partial charge is 0.768 e. The van der Waals surface area contributed by atoms with Gasteiger partial charge in [-0.15, -0.1) is 0 Å². The molecule has 0 bridgehead atoms. The van der Waals surface area contributed by atoms with Crippen molar-refractivity contribution in [2.45, 2.75) is 4.90 Å². The molecule has 8 heteroatoms. The minimum atomic E-state index is -2.42. The first-order chi connectivity index (χ1) is 10.1. The molecule has 0 spiro atoms. The topological polar surface area (TPSA) is 99.4 Å². The molecule has 2 heterocycles. The van der Waals surface area contributed by atoms with Gasteiger partial charge in [0.2, 0.25) is 5.78 Å². The van der Waals surface area contributed by atoms with E-state index in [0.717, 1.165) is 0 Å². The van der Waals surface area contributed by atoms with Crippen molar-refractivity contribution in [2.24, 2.45) is 0 Å². The summed E-state index contributed by atoms with van der Waals surface area (Å²) in [5, 5.41) is 2.56. The highest BCUT2D eigenvalue weighted by atomic mass is 32.2. The smallest absolute Gasteiger partial charge is 0.258 e. The van der Waals surface area contributed by atoms with Gasteiger partial charge in [0.1, 0.15) is 0 Å². The second-order valence-electron chi connectivity index (χ2n) is 4.16. The number of rotatable bonds is 3. The fourth-order valence-corrected chi connectivity index (χ4v) is 2.33. The van der Waals surface area contributed by atoms with Gasteiger partial charge in [0.25, 0.3) is 5.91 Å². The number of hydrogen-bond donors (Lipinski definition) is 1. The molecular formula is C13H9N4O3S-. The second-order valence-corrected chi connectivity index (χ2v) is 5.07. The third-order valence-corrected chi connectivity index (χ3v) is 3.54. The first-order valence-electron chi connectivity index (χ1n) is 5.93. The van der Waals surface area contributed by atoms with Crippen LogP contribution in [0.2, 0.25) is 0 Å². The van der Waals surface area contributed by atoms with Crippen LogP contribution in [0.15, 0.2) is 53.9 Å². The van der Waals surface area contributed by atoms with Crippen LogP contribution in [-0.4, -0.2) is 29.0 Å². The lowest BCUT2D eigenvalue weighted by atomic mass is 10.2. The second kappa shape index (κ2) is 5.43. The van der Waals surface area contributed by atoms with Gasteiger partial charge in [-0.2, -0.15) is 0 Å². The summed E-state index contributed by atoms with van der Waals surface area (Å²) in [5.74, 6) is 0.0311. The van der Waals surface area contributed by atoms with E-state index in [1.165, 1.54) is 18.3 Å². The van der Waals surface area contributed by atoms with E-state index in [0.29, 0.717) is 11.3 Å². The van der Waals surface area contributed by atoms with E-state index < -0.39 is 17.0 Å².